The fourth-order valence-corrected chi connectivity index (χ4v) is 0.439. The molecule has 0 bridgehead atoms. The number of nitrogens with two attached hydrogens (primary N) is 1. The normalized spacial score (nSPS) is 17.7. The van der Waals surface area contributed by atoms with Crippen LogP contribution in [-0.4, -0.2) is 18.3 Å². The van der Waals surface area contributed by atoms with Crippen LogP contribution in [0.1, 0.15) is 6.92 Å². The molecule has 0 fully saturated rings. The zero-order valence-corrected chi connectivity index (χ0v) is 5.46. The van der Waals surface area contributed by atoms with E-state index >= 15 is 0 Å². The van der Waals surface area contributed by atoms with Gasteiger partial charge >= 0.3 is 0 Å². The van der Waals surface area contributed by atoms with Crippen molar-refractivity contribution in [3.05, 3.63) is 17.9 Å². The van der Waals surface area contributed by atoms with Crippen LogP contribution in [0.5, 0.6) is 0 Å². The minimum absolute atomic E-state index is 0.457. The van der Waals surface area contributed by atoms with E-state index in [0.29, 0.717) is 0 Å². The third-order valence-corrected chi connectivity index (χ3v) is 1.01. The van der Waals surface area contributed by atoms with Crippen molar-refractivity contribution in [1.82, 2.24) is 0 Å². The van der Waals surface area contributed by atoms with Gasteiger partial charge in [-0.15, -0.1) is 6.08 Å². The van der Waals surface area contributed by atoms with Crippen molar-refractivity contribution in [2.24, 2.45) is 5.73 Å². The molecule has 0 spiro atoms. The van der Waals surface area contributed by atoms with E-state index in [0.717, 1.165) is 6.21 Å². The van der Waals surface area contributed by atoms with Gasteiger partial charge in [0.1, 0.15) is 0 Å². The van der Waals surface area contributed by atoms with E-state index in [2.05, 4.69) is 0 Å². The molecule has 0 heterocycles. The summed E-state index contributed by atoms with van der Waals surface area (Å²) >= 11 is 0. The minimum Gasteiger partial charge on any atom is -0.670 e. The second-order valence-corrected chi connectivity index (χ2v) is 1.80. The Kier molecular flexibility index (Phi) is 3.92. The summed E-state index contributed by atoms with van der Waals surface area (Å²) in [6, 6.07) is -0.923. The van der Waals surface area contributed by atoms with Gasteiger partial charge in [-0.1, -0.05) is 12.1 Å². The molecule has 2 unspecified atom stereocenters. The van der Waals surface area contributed by atoms with Crippen molar-refractivity contribution in [2.45, 2.75) is 19.0 Å². The summed E-state index contributed by atoms with van der Waals surface area (Å²) in [6.45, 7) is 1.83. The molecular formula is C6H12N3-. The Hall–Kier alpha value is -0.670. The molecular weight excluding hydrogens is 114 g/mol. The summed E-state index contributed by atoms with van der Waals surface area (Å²) < 4.78 is 0. The largest absolute Gasteiger partial charge is 0.670 e. The first kappa shape index (κ1) is 8.33. The predicted octanol–water partition coefficient (Wildman–Crippen LogP) is 0.960. The lowest BCUT2D eigenvalue weighted by Crippen LogP contribution is -2.31. The third kappa shape index (κ3) is 3.00. The number of hydrogen-bond acceptors (Lipinski definition) is 2. The van der Waals surface area contributed by atoms with Gasteiger partial charge in [-0.25, -0.2) is 0 Å². The number of nitrogens with one attached hydrogen (secondary N) is 2. The van der Waals surface area contributed by atoms with E-state index in [-0.39, 0.29) is 0 Å². The van der Waals surface area contributed by atoms with Crippen LogP contribution < -0.4 is 5.73 Å². The van der Waals surface area contributed by atoms with Crippen molar-refractivity contribution in [3.8, 4) is 0 Å². The van der Waals surface area contributed by atoms with Gasteiger partial charge in [0.2, 0.25) is 0 Å². The molecule has 3 heteroatoms. The molecule has 4 N–H and O–H groups in total. The van der Waals surface area contributed by atoms with E-state index in [9.17, 15) is 0 Å². The highest BCUT2D eigenvalue weighted by molar-refractivity contribution is 5.62. The molecule has 0 amide bonds. The lowest BCUT2D eigenvalue weighted by molar-refractivity contribution is 0.837. The van der Waals surface area contributed by atoms with Gasteiger partial charge in [-0.05, 0) is 6.92 Å². The molecule has 0 aromatic rings. The van der Waals surface area contributed by atoms with Crippen LogP contribution in [0.15, 0.2) is 12.2 Å². The third-order valence-electron chi connectivity index (χ3n) is 1.01. The topological polar surface area (TPSA) is 73.7 Å². The van der Waals surface area contributed by atoms with Crippen LogP contribution in [0.2, 0.25) is 0 Å². The van der Waals surface area contributed by atoms with E-state index in [1.54, 1.807) is 12.2 Å². The highest BCUT2D eigenvalue weighted by Crippen LogP contribution is 1.93. The number of rotatable bonds is 3. The summed E-state index contributed by atoms with van der Waals surface area (Å²) in [7, 11) is 0. The first-order valence-corrected chi connectivity index (χ1v) is 2.82. The molecule has 0 aromatic heterocycles. The molecule has 3 nitrogen and oxygen atoms in total. The fourth-order valence-electron chi connectivity index (χ4n) is 0.439. The summed E-state index contributed by atoms with van der Waals surface area (Å²) in [5.74, 6) is 0. The molecule has 0 aliphatic carbocycles. The van der Waals surface area contributed by atoms with Crippen LogP contribution in [0.3, 0.4) is 0 Å². The smallest absolute Gasteiger partial charge is 0.0262 e. The zero-order valence-electron chi connectivity index (χ0n) is 5.46. The van der Waals surface area contributed by atoms with Crippen LogP contribution >= 0.6 is 0 Å². The van der Waals surface area contributed by atoms with Crippen molar-refractivity contribution < 1.29 is 0 Å². The van der Waals surface area contributed by atoms with Crippen LogP contribution in [0.25, 0.3) is 5.73 Å². The average Bonchev–Trinajstić information content (AvgIpc) is 1.87. The maximum absolute atomic E-state index is 7.21. The maximum atomic E-state index is 7.21. The Morgan fingerprint density at radius 2 is 2.22 bits per heavy atom. The highest BCUT2D eigenvalue weighted by atomic mass is 14.8. The fraction of sp³-hybridized carbons (Fsp3) is 0.500. The number of allylic oxidation sites excluding steroid dienone is 1. The second kappa shape index (κ2) is 4.23. The molecule has 0 saturated carbocycles. The van der Waals surface area contributed by atoms with E-state index < -0.39 is 12.1 Å². The molecule has 2 atom stereocenters. The zero-order chi connectivity index (χ0) is 7.28. The van der Waals surface area contributed by atoms with Gasteiger partial charge in [-0.2, -0.15) is 0 Å². The predicted molar refractivity (Wildman–Crippen MR) is 39.7 cm³/mol. The summed E-state index contributed by atoms with van der Waals surface area (Å²) in [5, 5.41) is 6.71. The lowest BCUT2D eigenvalue weighted by atomic mass is 10.1. The molecule has 0 aromatic carbocycles. The van der Waals surface area contributed by atoms with Crippen molar-refractivity contribution >= 4 is 6.21 Å². The van der Waals surface area contributed by atoms with Crippen LogP contribution in [-0.2, 0) is 0 Å². The van der Waals surface area contributed by atoms with Crippen LogP contribution in [0.4, 0.5) is 0 Å². The van der Waals surface area contributed by atoms with Gasteiger partial charge in [-0.3, -0.25) is 0 Å². The molecule has 0 saturated heterocycles. The Bertz CT molecular complexity index is 109. The quantitative estimate of drug-likeness (QED) is 0.429. The molecule has 0 aliphatic rings. The Labute approximate surface area is 55.2 Å². The number of hydrogen-bond donors (Lipinski definition) is 2. The first-order valence-electron chi connectivity index (χ1n) is 2.82. The van der Waals surface area contributed by atoms with Crippen LogP contribution in [0, 0.1) is 5.41 Å². The molecule has 0 rings (SSSR count). The van der Waals surface area contributed by atoms with Gasteiger partial charge in [0.25, 0.3) is 0 Å². The van der Waals surface area contributed by atoms with E-state index in [4.69, 9.17) is 16.9 Å². The van der Waals surface area contributed by atoms with Gasteiger partial charge < -0.3 is 16.9 Å². The molecule has 52 valence electrons. The second-order valence-electron chi connectivity index (χ2n) is 1.80. The first-order chi connectivity index (χ1) is 4.22. The van der Waals surface area contributed by atoms with Gasteiger partial charge in [0, 0.05) is 12.3 Å². The Morgan fingerprint density at radius 1 is 1.67 bits per heavy atom. The standard InChI is InChI=1S/C6H12N3/c1-2-3-5(8)6(9)4-7/h2-8H,9H2,1H3/q-1/b3-2-,7-4?. The molecule has 0 radical (unpaired) electrons. The molecule has 9 heavy (non-hydrogen) atoms. The minimum atomic E-state index is -0.465. The van der Waals surface area contributed by atoms with Crippen molar-refractivity contribution in [1.29, 1.82) is 5.41 Å². The summed E-state index contributed by atoms with van der Waals surface area (Å²) in [5.41, 5.74) is 12.5. The van der Waals surface area contributed by atoms with Crippen molar-refractivity contribution in [3.63, 3.8) is 0 Å². The maximum Gasteiger partial charge on any atom is 0.0262 e. The van der Waals surface area contributed by atoms with Gasteiger partial charge in [0.05, 0.1) is 0 Å². The van der Waals surface area contributed by atoms with E-state index in [1.165, 1.54) is 0 Å². The lowest BCUT2D eigenvalue weighted by Gasteiger charge is -2.19. The summed E-state index contributed by atoms with van der Waals surface area (Å²) in [6.07, 6.45) is 4.51. The van der Waals surface area contributed by atoms with E-state index in [1.807, 2.05) is 6.92 Å². The monoisotopic (exact) mass is 126 g/mol. The van der Waals surface area contributed by atoms with Crippen molar-refractivity contribution in [2.75, 3.05) is 0 Å². The average molecular weight is 126 g/mol. The SMILES string of the molecule is C/C=C\C([NH-])C(N)C=N. The molecule has 0 aliphatic heterocycles. The van der Waals surface area contributed by atoms with Gasteiger partial charge in [0.15, 0.2) is 0 Å². The Balaban J connectivity index is 3.71. The summed E-state index contributed by atoms with van der Waals surface area (Å²) in [4.78, 5) is 0. The Morgan fingerprint density at radius 3 is 2.56 bits per heavy atom. The highest BCUT2D eigenvalue weighted by Gasteiger charge is 1.96.